The van der Waals surface area contributed by atoms with Gasteiger partial charge in [-0.25, -0.2) is 4.98 Å². The number of alkyl halides is 2. The van der Waals surface area contributed by atoms with Crippen molar-refractivity contribution in [3.63, 3.8) is 0 Å². The normalized spacial score (nSPS) is 11.4. The summed E-state index contributed by atoms with van der Waals surface area (Å²) in [6, 6.07) is 3.77. The zero-order chi connectivity index (χ0) is 15.5. The maximum absolute atomic E-state index is 12.3. The van der Waals surface area contributed by atoms with Crippen LogP contribution >= 0.6 is 0 Å². The molecule has 0 aliphatic heterocycles. The highest BCUT2D eigenvalue weighted by Crippen LogP contribution is 2.31. The van der Waals surface area contributed by atoms with Crippen molar-refractivity contribution in [2.75, 3.05) is 11.8 Å². The van der Waals surface area contributed by atoms with Crippen LogP contribution < -0.4 is 14.2 Å². The molecule has 0 amide bonds. The summed E-state index contributed by atoms with van der Waals surface area (Å²) in [5, 5.41) is -0.215. The molecule has 0 saturated heterocycles. The number of benzene rings is 1. The van der Waals surface area contributed by atoms with E-state index in [1.807, 2.05) is 0 Å². The van der Waals surface area contributed by atoms with Gasteiger partial charge in [-0.3, -0.25) is 4.72 Å². The number of ether oxygens (including phenoxy) is 2. The Morgan fingerprint density at radius 1 is 1.38 bits per heavy atom. The van der Waals surface area contributed by atoms with E-state index in [1.165, 1.54) is 31.6 Å². The molecule has 2 rings (SSSR count). The van der Waals surface area contributed by atoms with Crippen LogP contribution in [0.3, 0.4) is 0 Å². The molecule has 2 N–H and O–H groups in total. The van der Waals surface area contributed by atoms with Crippen molar-refractivity contribution in [1.29, 1.82) is 0 Å². The van der Waals surface area contributed by atoms with Gasteiger partial charge in [0.2, 0.25) is 0 Å². The molecule has 0 aliphatic rings. The number of anilines is 1. The molecule has 0 bridgehead atoms. The van der Waals surface area contributed by atoms with Gasteiger partial charge in [-0.2, -0.15) is 17.2 Å². The molecule has 114 valence electrons. The second-order valence-electron chi connectivity index (χ2n) is 3.76. The fraction of sp³-hybridized carbons (Fsp3) is 0.182. The smallest absolute Gasteiger partial charge is 0.387 e. The number of imidazole rings is 1. The quantitative estimate of drug-likeness (QED) is 0.847. The SMILES string of the molecule is COc1ccc(OC(F)F)c(NS(=O)(=O)c2cnc[nH]2)c1. The highest BCUT2D eigenvalue weighted by molar-refractivity contribution is 7.92. The standard InChI is InChI=1S/C11H11F2N3O4S/c1-19-7-2-3-9(20-11(12)13)8(4-7)16-21(17,18)10-5-14-6-15-10/h2-6,11,16H,1H3,(H,14,15). The van der Waals surface area contributed by atoms with Crippen molar-refractivity contribution in [2.24, 2.45) is 0 Å². The lowest BCUT2D eigenvalue weighted by Gasteiger charge is -2.13. The first-order valence-corrected chi connectivity index (χ1v) is 7.05. The minimum absolute atomic E-state index is 0.177. The van der Waals surface area contributed by atoms with Crippen LogP contribution in [0.25, 0.3) is 0 Å². The van der Waals surface area contributed by atoms with Crippen LogP contribution in [0.1, 0.15) is 0 Å². The van der Waals surface area contributed by atoms with E-state index in [9.17, 15) is 17.2 Å². The summed E-state index contributed by atoms with van der Waals surface area (Å²) in [7, 11) is -2.64. The second-order valence-corrected chi connectivity index (χ2v) is 5.41. The lowest BCUT2D eigenvalue weighted by molar-refractivity contribution is -0.0493. The fourth-order valence-electron chi connectivity index (χ4n) is 1.50. The molecule has 0 unspecified atom stereocenters. The van der Waals surface area contributed by atoms with Crippen LogP contribution in [0.2, 0.25) is 0 Å². The third-order valence-corrected chi connectivity index (χ3v) is 3.70. The van der Waals surface area contributed by atoms with Gasteiger partial charge in [0.25, 0.3) is 10.0 Å². The molecule has 0 aliphatic carbocycles. The number of nitrogens with one attached hydrogen (secondary N) is 2. The number of aromatic amines is 1. The molecule has 10 heteroatoms. The summed E-state index contributed by atoms with van der Waals surface area (Å²) in [5.41, 5.74) is -0.177. The molecule has 0 atom stereocenters. The summed E-state index contributed by atoms with van der Waals surface area (Å²) in [6.45, 7) is -3.09. The molecule has 7 nitrogen and oxygen atoms in total. The second kappa shape index (κ2) is 5.95. The lowest BCUT2D eigenvalue weighted by atomic mass is 10.3. The summed E-state index contributed by atoms with van der Waals surface area (Å²) in [4.78, 5) is 5.99. The van der Waals surface area contributed by atoms with Crippen molar-refractivity contribution in [3.8, 4) is 11.5 Å². The van der Waals surface area contributed by atoms with Crippen molar-refractivity contribution in [2.45, 2.75) is 11.6 Å². The summed E-state index contributed by atoms with van der Waals surface area (Å²) in [6.07, 6.45) is 2.26. The maximum atomic E-state index is 12.3. The highest BCUT2D eigenvalue weighted by atomic mass is 32.2. The zero-order valence-electron chi connectivity index (χ0n) is 10.7. The maximum Gasteiger partial charge on any atom is 0.387 e. The fourth-order valence-corrected chi connectivity index (χ4v) is 2.47. The molecular formula is C11H11F2N3O4S. The Morgan fingerprint density at radius 2 is 2.14 bits per heavy atom. The predicted molar refractivity (Wildman–Crippen MR) is 69.0 cm³/mol. The molecule has 0 saturated carbocycles. The van der Waals surface area contributed by atoms with E-state index in [4.69, 9.17) is 4.74 Å². The number of rotatable bonds is 6. The van der Waals surface area contributed by atoms with Gasteiger partial charge in [0.15, 0.2) is 5.03 Å². The van der Waals surface area contributed by atoms with Crippen LogP contribution in [-0.4, -0.2) is 32.1 Å². The molecule has 0 fully saturated rings. The molecule has 2 aromatic rings. The van der Waals surface area contributed by atoms with E-state index in [-0.39, 0.29) is 22.2 Å². The molecule has 0 spiro atoms. The molecule has 1 aromatic heterocycles. The average Bonchev–Trinajstić information content (AvgIpc) is 2.94. The minimum Gasteiger partial charge on any atom is -0.497 e. The number of aromatic nitrogens is 2. The number of sulfonamides is 1. The van der Waals surface area contributed by atoms with Crippen molar-refractivity contribution in [3.05, 3.63) is 30.7 Å². The van der Waals surface area contributed by atoms with Crippen molar-refractivity contribution < 1.29 is 26.7 Å². The molecule has 0 radical (unpaired) electrons. The van der Waals surface area contributed by atoms with Crippen LogP contribution in [0.5, 0.6) is 11.5 Å². The van der Waals surface area contributed by atoms with Gasteiger partial charge in [0.1, 0.15) is 11.5 Å². The van der Waals surface area contributed by atoms with E-state index < -0.39 is 16.6 Å². The number of methoxy groups -OCH3 is 1. The molecule has 21 heavy (non-hydrogen) atoms. The van der Waals surface area contributed by atoms with Gasteiger partial charge < -0.3 is 14.5 Å². The monoisotopic (exact) mass is 319 g/mol. The van der Waals surface area contributed by atoms with Crippen molar-refractivity contribution in [1.82, 2.24) is 9.97 Å². The Morgan fingerprint density at radius 3 is 2.71 bits per heavy atom. The topological polar surface area (TPSA) is 93.3 Å². The third-order valence-electron chi connectivity index (χ3n) is 2.41. The third kappa shape index (κ3) is 3.60. The summed E-state index contributed by atoms with van der Waals surface area (Å²) in [5.74, 6) is -0.0483. The van der Waals surface area contributed by atoms with E-state index in [0.717, 1.165) is 6.20 Å². The summed E-state index contributed by atoms with van der Waals surface area (Å²) < 4.78 is 60.1. The Kier molecular flexibility index (Phi) is 4.26. The number of hydrogen-bond donors (Lipinski definition) is 2. The number of H-pyrrole nitrogens is 1. The van der Waals surface area contributed by atoms with E-state index in [0.29, 0.717) is 0 Å². The number of halogens is 2. The lowest BCUT2D eigenvalue weighted by Crippen LogP contribution is -2.15. The van der Waals surface area contributed by atoms with Crippen LogP contribution in [0.15, 0.2) is 35.7 Å². The van der Waals surface area contributed by atoms with Gasteiger partial charge >= 0.3 is 6.61 Å². The summed E-state index contributed by atoms with van der Waals surface area (Å²) >= 11 is 0. The van der Waals surface area contributed by atoms with E-state index in [1.54, 1.807) is 0 Å². The number of nitrogens with zero attached hydrogens (tertiary/aromatic N) is 1. The largest absolute Gasteiger partial charge is 0.497 e. The van der Waals surface area contributed by atoms with Gasteiger partial charge in [-0.05, 0) is 12.1 Å². The molecule has 1 aromatic carbocycles. The van der Waals surface area contributed by atoms with Gasteiger partial charge in [0.05, 0.1) is 25.3 Å². The van der Waals surface area contributed by atoms with Gasteiger partial charge in [0, 0.05) is 6.07 Å². The van der Waals surface area contributed by atoms with E-state index >= 15 is 0 Å². The Labute approximate surface area is 119 Å². The first-order chi connectivity index (χ1) is 9.92. The molecular weight excluding hydrogens is 308 g/mol. The predicted octanol–water partition coefficient (Wildman–Crippen LogP) is 1.82. The van der Waals surface area contributed by atoms with E-state index in [2.05, 4.69) is 19.4 Å². The average molecular weight is 319 g/mol. The highest BCUT2D eigenvalue weighted by Gasteiger charge is 2.20. The van der Waals surface area contributed by atoms with Crippen LogP contribution in [0.4, 0.5) is 14.5 Å². The Bertz CT molecular complexity index is 704. The van der Waals surface area contributed by atoms with Gasteiger partial charge in [-0.1, -0.05) is 0 Å². The van der Waals surface area contributed by atoms with Gasteiger partial charge in [-0.15, -0.1) is 0 Å². The van der Waals surface area contributed by atoms with Crippen molar-refractivity contribution >= 4 is 15.7 Å². The van der Waals surface area contributed by atoms with Crippen LogP contribution in [0, 0.1) is 0 Å². The first-order valence-electron chi connectivity index (χ1n) is 5.56. The first kappa shape index (κ1) is 15.0. The number of hydrogen-bond acceptors (Lipinski definition) is 5. The Balaban J connectivity index is 2.37. The zero-order valence-corrected chi connectivity index (χ0v) is 11.5. The van der Waals surface area contributed by atoms with Crippen LogP contribution in [-0.2, 0) is 10.0 Å². The Hall–Kier alpha value is -2.36. The minimum atomic E-state index is -4.00. The molecule has 1 heterocycles.